The molecule has 0 saturated carbocycles. The maximum atomic E-state index is 13.8. The summed E-state index contributed by atoms with van der Waals surface area (Å²) >= 11 is 0. The van der Waals surface area contributed by atoms with E-state index in [2.05, 4.69) is 25.8 Å². The fourth-order valence-electron chi connectivity index (χ4n) is 5.02. The maximum absolute atomic E-state index is 13.8. The van der Waals surface area contributed by atoms with Gasteiger partial charge >= 0.3 is 5.97 Å². The molecule has 11 nitrogen and oxygen atoms in total. The zero-order valence-electron chi connectivity index (χ0n) is 24.3. The van der Waals surface area contributed by atoms with Crippen LogP contribution in [-0.4, -0.2) is 61.7 Å². The van der Waals surface area contributed by atoms with Crippen molar-refractivity contribution < 1.29 is 28.7 Å². The number of ether oxygens (including phenoxy) is 1. The summed E-state index contributed by atoms with van der Waals surface area (Å²) in [4.78, 5) is 63.2. The minimum Gasteiger partial charge on any atom is -0.466 e. The summed E-state index contributed by atoms with van der Waals surface area (Å²) in [5, 5.41) is 5.27. The third kappa shape index (κ3) is 8.48. The van der Waals surface area contributed by atoms with Gasteiger partial charge in [-0.2, -0.15) is 0 Å². The van der Waals surface area contributed by atoms with Crippen LogP contribution in [0.1, 0.15) is 47.3 Å². The van der Waals surface area contributed by atoms with Gasteiger partial charge < -0.3 is 15.0 Å². The van der Waals surface area contributed by atoms with Gasteiger partial charge in [0.25, 0.3) is 11.8 Å². The van der Waals surface area contributed by atoms with Crippen LogP contribution in [0.4, 0.5) is 5.69 Å². The summed E-state index contributed by atoms with van der Waals surface area (Å²) in [5.41, 5.74) is 7.43. The number of hydrazine groups is 1. The highest BCUT2D eigenvalue weighted by molar-refractivity contribution is 5.98. The number of rotatable bonds is 9. The molecule has 0 bridgehead atoms. The highest BCUT2D eigenvalue weighted by Crippen LogP contribution is 2.26. The Hall–Kier alpha value is -5.06. The first-order chi connectivity index (χ1) is 20.7. The first-order valence-corrected chi connectivity index (χ1v) is 14.2. The monoisotopic (exact) mass is 586 g/mol. The van der Waals surface area contributed by atoms with Crippen LogP contribution < -0.4 is 21.1 Å². The minimum absolute atomic E-state index is 0.00560. The summed E-state index contributed by atoms with van der Waals surface area (Å²) in [6.45, 7) is 4.02. The van der Waals surface area contributed by atoms with Gasteiger partial charge in [-0.25, -0.2) is 4.79 Å². The lowest BCUT2D eigenvalue weighted by Crippen LogP contribution is -2.41. The van der Waals surface area contributed by atoms with Gasteiger partial charge in [0.1, 0.15) is 0 Å². The zero-order valence-corrected chi connectivity index (χ0v) is 24.3. The van der Waals surface area contributed by atoms with Gasteiger partial charge in [0.2, 0.25) is 12.5 Å². The molecule has 1 aliphatic rings. The number of fused-ring (bicyclic) bond motifs is 1. The lowest BCUT2D eigenvalue weighted by atomic mass is 9.98. The predicted molar refractivity (Wildman–Crippen MR) is 162 cm³/mol. The average molecular weight is 587 g/mol. The Morgan fingerprint density at radius 1 is 0.977 bits per heavy atom. The molecule has 0 radical (unpaired) electrons. The highest BCUT2D eigenvalue weighted by Gasteiger charge is 2.22. The van der Waals surface area contributed by atoms with E-state index >= 15 is 0 Å². The van der Waals surface area contributed by atoms with Gasteiger partial charge in [0, 0.05) is 47.7 Å². The van der Waals surface area contributed by atoms with E-state index in [4.69, 9.17) is 0 Å². The van der Waals surface area contributed by atoms with Gasteiger partial charge in [-0.15, -0.1) is 0 Å². The number of nitroso groups, excluding NO2 is 1. The minimum atomic E-state index is -0.698. The van der Waals surface area contributed by atoms with E-state index in [1.165, 1.54) is 7.11 Å². The van der Waals surface area contributed by atoms with E-state index in [1.807, 2.05) is 67.6 Å². The molecular weight excluding hydrogens is 550 g/mol. The standard InChI is InChI=1S/C32H35N5O6/c1-22(26-10-5-8-23-7-3-4-9-27(23)26)33-32(41)28-21-25(36-17-6-18-37(42)20-19-36)13-11-24(28)12-14-29(38)34-35-30(39)15-16-31(40)43-2/h3-5,7-11,13,15-16,21-22H,6,12,14,17-20H2,1-2H3,(H2-,33,34,35,38,39,40,41)/p+1/t22-/m1/s1. The van der Waals surface area contributed by atoms with Crippen molar-refractivity contribution in [3.05, 3.63) is 94.4 Å². The average Bonchev–Trinajstić information content (AvgIpc) is 3.25. The SMILES string of the molecule is COC(=O)/C=C/C(=O)NNC(=O)CCc1ccc(N2CCC[N+](=O)CC2)cc1C(=O)N[C@H](C)c1cccc2ccccc12. The van der Waals surface area contributed by atoms with Crippen LogP contribution in [0.15, 0.2) is 72.8 Å². The van der Waals surface area contributed by atoms with E-state index in [1.54, 1.807) is 0 Å². The molecule has 43 heavy (non-hydrogen) atoms. The van der Waals surface area contributed by atoms with Crippen molar-refractivity contribution in [3.63, 3.8) is 0 Å². The topological polar surface area (TPSA) is 137 Å². The number of benzene rings is 3. The van der Waals surface area contributed by atoms with E-state index < -0.39 is 17.8 Å². The summed E-state index contributed by atoms with van der Waals surface area (Å²) < 4.78 is 5.48. The number of nitrogens with one attached hydrogen (secondary N) is 3. The van der Waals surface area contributed by atoms with E-state index in [9.17, 15) is 24.1 Å². The van der Waals surface area contributed by atoms with E-state index in [-0.39, 0.29) is 24.8 Å². The Morgan fingerprint density at radius 2 is 1.77 bits per heavy atom. The van der Waals surface area contributed by atoms with Crippen molar-refractivity contribution in [3.8, 4) is 0 Å². The number of aryl methyl sites for hydroxylation is 1. The van der Waals surface area contributed by atoms with Crippen LogP contribution in [0.3, 0.4) is 0 Å². The Kier molecular flexibility index (Phi) is 10.6. The van der Waals surface area contributed by atoms with Gasteiger partial charge in [-0.3, -0.25) is 25.2 Å². The Bertz CT molecular complexity index is 1550. The fourth-order valence-corrected chi connectivity index (χ4v) is 5.02. The molecule has 1 atom stereocenters. The van der Waals surface area contributed by atoms with Crippen LogP contribution in [0.25, 0.3) is 10.8 Å². The van der Waals surface area contributed by atoms with Gasteiger partial charge in [-0.05, 0) is 52.1 Å². The first-order valence-electron chi connectivity index (χ1n) is 14.2. The molecule has 4 rings (SSSR count). The van der Waals surface area contributed by atoms with Crippen molar-refractivity contribution in [2.45, 2.75) is 32.2 Å². The van der Waals surface area contributed by atoms with Crippen molar-refractivity contribution in [1.82, 2.24) is 16.2 Å². The van der Waals surface area contributed by atoms with Gasteiger partial charge in [0.05, 0.1) is 19.7 Å². The molecule has 1 fully saturated rings. The van der Waals surface area contributed by atoms with Crippen molar-refractivity contribution >= 4 is 40.2 Å². The molecule has 3 N–H and O–H groups in total. The first kappa shape index (κ1) is 30.9. The third-order valence-electron chi connectivity index (χ3n) is 7.31. The molecule has 3 aromatic carbocycles. The largest absolute Gasteiger partial charge is 0.466 e. The number of hydrogen-bond donors (Lipinski definition) is 3. The smallest absolute Gasteiger partial charge is 0.330 e. The zero-order chi connectivity index (χ0) is 30.8. The van der Waals surface area contributed by atoms with Crippen LogP contribution >= 0.6 is 0 Å². The second-order valence-electron chi connectivity index (χ2n) is 10.3. The Balaban J connectivity index is 1.51. The number of nitrogens with zero attached hydrogens (tertiary/aromatic N) is 2. The number of carbonyl (C=O) groups excluding carboxylic acids is 4. The predicted octanol–water partition coefficient (Wildman–Crippen LogP) is 3.13. The number of methoxy groups -OCH3 is 1. The van der Waals surface area contributed by atoms with Gasteiger partial charge in [-0.1, -0.05) is 48.5 Å². The second-order valence-corrected chi connectivity index (χ2v) is 10.3. The molecule has 0 spiro atoms. The maximum Gasteiger partial charge on any atom is 0.330 e. The van der Waals surface area contributed by atoms with Crippen LogP contribution in [0.5, 0.6) is 0 Å². The molecule has 11 heteroatoms. The molecule has 0 unspecified atom stereocenters. The highest BCUT2D eigenvalue weighted by atomic mass is 16.5. The second kappa shape index (κ2) is 14.7. The molecule has 224 valence electrons. The lowest BCUT2D eigenvalue weighted by Gasteiger charge is -2.23. The summed E-state index contributed by atoms with van der Waals surface area (Å²) in [5.74, 6) is -2.14. The third-order valence-corrected chi connectivity index (χ3v) is 7.31. The number of carbonyl (C=O) groups is 4. The number of hydrogen-bond acceptors (Lipinski definition) is 7. The van der Waals surface area contributed by atoms with Crippen LogP contribution in [0.2, 0.25) is 0 Å². The van der Waals surface area contributed by atoms with Crippen LogP contribution in [0, 0.1) is 4.91 Å². The molecule has 1 aliphatic heterocycles. The number of esters is 1. The Morgan fingerprint density at radius 3 is 2.58 bits per heavy atom. The number of amides is 3. The van der Waals surface area contributed by atoms with Crippen molar-refractivity contribution in [2.24, 2.45) is 0 Å². The number of anilines is 1. The van der Waals surface area contributed by atoms with E-state index in [0.29, 0.717) is 43.7 Å². The summed E-state index contributed by atoms with van der Waals surface area (Å²) in [6, 6.07) is 19.2. The van der Waals surface area contributed by atoms with Crippen molar-refractivity contribution in [1.29, 1.82) is 0 Å². The van der Waals surface area contributed by atoms with E-state index in [0.717, 1.165) is 38.9 Å². The van der Waals surface area contributed by atoms with Gasteiger partial charge in [0.15, 0.2) is 6.54 Å². The molecule has 1 saturated heterocycles. The normalized spacial score (nSPS) is 14.2. The summed E-state index contributed by atoms with van der Waals surface area (Å²) in [7, 11) is 1.19. The molecule has 0 aromatic heterocycles. The lowest BCUT2D eigenvalue weighted by molar-refractivity contribution is -0.544. The molecule has 0 aliphatic carbocycles. The van der Waals surface area contributed by atoms with Crippen LogP contribution in [-0.2, 0) is 25.5 Å². The molecule has 1 heterocycles. The Labute approximate surface area is 249 Å². The molecule has 3 aromatic rings. The molecular formula is C32H36N5O6+. The summed E-state index contributed by atoms with van der Waals surface area (Å²) in [6.07, 6.45) is 2.82. The fraction of sp³-hybridized carbons (Fsp3) is 0.312. The van der Waals surface area contributed by atoms with Crippen molar-refractivity contribution in [2.75, 3.05) is 38.2 Å². The molecule has 3 amide bonds. The quantitative estimate of drug-likeness (QED) is 0.152.